The van der Waals surface area contributed by atoms with Gasteiger partial charge in [0.1, 0.15) is 0 Å². The summed E-state index contributed by atoms with van der Waals surface area (Å²) in [5.74, 6) is 1.15. The molecular formula is C17H21NS. The summed E-state index contributed by atoms with van der Waals surface area (Å²) in [7, 11) is 0. The second-order valence-corrected chi connectivity index (χ2v) is 6.10. The molecule has 2 heteroatoms. The van der Waals surface area contributed by atoms with Crippen molar-refractivity contribution < 1.29 is 0 Å². The highest BCUT2D eigenvalue weighted by Crippen LogP contribution is 2.24. The zero-order valence-electron chi connectivity index (χ0n) is 11.6. The van der Waals surface area contributed by atoms with Crippen LogP contribution in [0, 0.1) is 13.8 Å². The van der Waals surface area contributed by atoms with Crippen molar-refractivity contribution in [3.8, 4) is 0 Å². The van der Waals surface area contributed by atoms with Crippen LogP contribution in [0.1, 0.15) is 23.1 Å². The number of hydrogen-bond acceptors (Lipinski definition) is 2. The van der Waals surface area contributed by atoms with E-state index in [9.17, 15) is 0 Å². The molecule has 0 heterocycles. The molecule has 2 rings (SSSR count). The Bertz CT molecular complexity index is 549. The first-order valence-electron chi connectivity index (χ1n) is 6.69. The highest BCUT2D eigenvalue weighted by Gasteiger charge is 2.00. The summed E-state index contributed by atoms with van der Waals surface area (Å²) in [4.78, 5) is 1.41. The van der Waals surface area contributed by atoms with Gasteiger partial charge in [0.2, 0.25) is 0 Å². The zero-order valence-corrected chi connectivity index (χ0v) is 12.5. The van der Waals surface area contributed by atoms with Gasteiger partial charge in [-0.2, -0.15) is 0 Å². The number of hydrogen-bond donors (Lipinski definition) is 1. The molecule has 100 valence electrons. The minimum Gasteiger partial charge on any atom is -0.399 e. The van der Waals surface area contributed by atoms with Crippen LogP contribution in [0.2, 0.25) is 0 Å². The van der Waals surface area contributed by atoms with E-state index < -0.39 is 0 Å². The Morgan fingerprint density at radius 2 is 1.89 bits per heavy atom. The van der Waals surface area contributed by atoms with Crippen molar-refractivity contribution in [2.45, 2.75) is 31.6 Å². The summed E-state index contributed by atoms with van der Waals surface area (Å²) in [5.41, 5.74) is 10.7. The van der Waals surface area contributed by atoms with Gasteiger partial charge in [-0.3, -0.25) is 0 Å². The Morgan fingerprint density at radius 3 is 2.68 bits per heavy atom. The topological polar surface area (TPSA) is 26.0 Å². The van der Waals surface area contributed by atoms with Gasteiger partial charge < -0.3 is 5.73 Å². The van der Waals surface area contributed by atoms with E-state index in [1.807, 2.05) is 23.9 Å². The Labute approximate surface area is 120 Å². The van der Waals surface area contributed by atoms with Crippen molar-refractivity contribution in [1.82, 2.24) is 0 Å². The summed E-state index contributed by atoms with van der Waals surface area (Å²) < 4.78 is 0. The van der Waals surface area contributed by atoms with Crippen LogP contribution < -0.4 is 5.73 Å². The number of rotatable bonds is 5. The molecule has 0 aliphatic rings. The number of nitrogen functional groups attached to an aromatic ring is 1. The van der Waals surface area contributed by atoms with Gasteiger partial charge in [-0.25, -0.2) is 0 Å². The Balaban J connectivity index is 1.82. The molecule has 0 unspecified atom stereocenters. The fourth-order valence-corrected chi connectivity index (χ4v) is 3.14. The molecule has 0 bridgehead atoms. The molecule has 0 spiro atoms. The quantitative estimate of drug-likeness (QED) is 0.488. The van der Waals surface area contributed by atoms with Gasteiger partial charge in [-0.15, -0.1) is 11.8 Å². The third-order valence-corrected chi connectivity index (χ3v) is 4.41. The molecule has 0 aliphatic heterocycles. The maximum absolute atomic E-state index is 5.79. The van der Waals surface area contributed by atoms with Crippen molar-refractivity contribution in [2.75, 3.05) is 11.5 Å². The average Bonchev–Trinajstić information content (AvgIpc) is 2.39. The van der Waals surface area contributed by atoms with E-state index in [4.69, 9.17) is 5.73 Å². The first kappa shape index (κ1) is 14.0. The van der Waals surface area contributed by atoms with E-state index in [0.717, 1.165) is 17.9 Å². The fourth-order valence-electron chi connectivity index (χ4n) is 2.07. The summed E-state index contributed by atoms with van der Waals surface area (Å²) in [6, 6.07) is 14.8. The smallest absolute Gasteiger partial charge is 0.0316 e. The third kappa shape index (κ3) is 4.32. The van der Waals surface area contributed by atoms with Crippen LogP contribution in [-0.2, 0) is 6.42 Å². The van der Waals surface area contributed by atoms with Crippen molar-refractivity contribution in [1.29, 1.82) is 0 Å². The minimum atomic E-state index is 0.861. The van der Waals surface area contributed by atoms with E-state index in [1.165, 1.54) is 28.0 Å². The number of aryl methyl sites for hydroxylation is 3. The lowest BCUT2D eigenvalue weighted by Gasteiger charge is -2.07. The van der Waals surface area contributed by atoms with Crippen LogP contribution >= 0.6 is 11.8 Å². The highest BCUT2D eigenvalue weighted by molar-refractivity contribution is 7.99. The summed E-state index contributed by atoms with van der Waals surface area (Å²) in [6.07, 6.45) is 2.28. The van der Waals surface area contributed by atoms with Gasteiger partial charge >= 0.3 is 0 Å². The van der Waals surface area contributed by atoms with E-state index in [2.05, 4.69) is 44.2 Å². The van der Waals surface area contributed by atoms with Gasteiger partial charge in [-0.05, 0) is 61.8 Å². The predicted octanol–water partition coefficient (Wildman–Crippen LogP) is 4.61. The zero-order chi connectivity index (χ0) is 13.7. The number of anilines is 1. The predicted molar refractivity (Wildman–Crippen MR) is 85.8 cm³/mol. The van der Waals surface area contributed by atoms with Crippen molar-refractivity contribution >= 4 is 17.4 Å². The number of benzene rings is 2. The van der Waals surface area contributed by atoms with E-state index in [0.29, 0.717) is 0 Å². The molecule has 0 radical (unpaired) electrons. The first-order chi connectivity index (χ1) is 9.15. The summed E-state index contributed by atoms with van der Waals surface area (Å²) >= 11 is 1.95. The SMILES string of the molecule is Cc1ccc(C)c(SCCCc2cccc(N)c2)c1. The molecule has 0 saturated heterocycles. The second kappa shape index (κ2) is 6.67. The standard InChI is InChI=1S/C17H21NS/c1-13-8-9-14(2)17(11-13)19-10-4-6-15-5-3-7-16(18)12-15/h3,5,7-9,11-12H,4,6,10,18H2,1-2H3. The van der Waals surface area contributed by atoms with Crippen LogP contribution in [0.4, 0.5) is 5.69 Å². The van der Waals surface area contributed by atoms with Crippen LogP contribution in [-0.4, -0.2) is 5.75 Å². The molecular weight excluding hydrogens is 250 g/mol. The van der Waals surface area contributed by atoms with Crippen LogP contribution in [0.25, 0.3) is 0 Å². The summed E-state index contributed by atoms with van der Waals surface area (Å²) in [6.45, 7) is 4.33. The molecule has 0 aromatic heterocycles. The molecule has 0 aliphatic carbocycles. The molecule has 2 aromatic rings. The van der Waals surface area contributed by atoms with Crippen LogP contribution in [0.15, 0.2) is 47.4 Å². The lowest BCUT2D eigenvalue weighted by Crippen LogP contribution is -1.91. The third-order valence-electron chi connectivity index (χ3n) is 3.16. The largest absolute Gasteiger partial charge is 0.399 e. The lowest BCUT2D eigenvalue weighted by atomic mass is 10.1. The highest BCUT2D eigenvalue weighted by atomic mass is 32.2. The minimum absolute atomic E-state index is 0.861. The monoisotopic (exact) mass is 271 g/mol. The molecule has 0 fully saturated rings. The fraction of sp³-hybridized carbons (Fsp3) is 0.294. The molecule has 0 amide bonds. The van der Waals surface area contributed by atoms with Gasteiger partial charge in [0.25, 0.3) is 0 Å². The van der Waals surface area contributed by atoms with E-state index in [1.54, 1.807) is 0 Å². The van der Waals surface area contributed by atoms with Crippen LogP contribution in [0.3, 0.4) is 0 Å². The maximum Gasteiger partial charge on any atom is 0.0316 e. The van der Waals surface area contributed by atoms with Gasteiger partial charge in [0.15, 0.2) is 0 Å². The van der Waals surface area contributed by atoms with Gasteiger partial charge in [0.05, 0.1) is 0 Å². The number of nitrogens with two attached hydrogens (primary N) is 1. The molecule has 19 heavy (non-hydrogen) atoms. The van der Waals surface area contributed by atoms with Gasteiger partial charge in [-0.1, -0.05) is 29.8 Å². The Morgan fingerprint density at radius 1 is 1.05 bits per heavy atom. The molecule has 2 aromatic carbocycles. The second-order valence-electron chi connectivity index (χ2n) is 4.97. The molecule has 0 saturated carbocycles. The Hall–Kier alpha value is -1.41. The van der Waals surface area contributed by atoms with Crippen LogP contribution in [0.5, 0.6) is 0 Å². The lowest BCUT2D eigenvalue weighted by molar-refractivity contribution is 0.933. The van der Waals surface area contributed by atoms with Crippen molar-refractivity contribution in [2.24, 2.45) is 0 Å². The first-order valence-corrected chi connectivity index (χ1v) is 7.68. The average molecular weight is 271 g/mol. The number of thioether (sulfide) groups is 1. The van der Waals surface area contributed by atoms with E-state index >= 15 is 0 Å². The molecule has 2 N–H and O–H groups in total. The van der Waals surface area contributed by atoms with E-state index in [-0.39, 0.29) is 0 Å². The Kier molecular flexibility index (Phi) is 4.92. The molecule has 1 nitrogen and oxygen atoms in total. The normalized spacial score (nSPS) is 10.6. The summed E-state index contributed by atoms with van der Waals surface area (Å²) in [5, 5.41) is 0. The van der Waals surface area contributed by atoms with Crippen molar-refractivity contribution in [3.05, 3.63) is 59.2 Å². The molecule has 0 atom stereocenters. The maximum atomic E-state index is 5.79. The van der Waals surface area contributed by atoms with Gasteiger partial charge in [0, 0.05) is 10.6 Å². The van der Waals surface area contributed by atoms with Crippen molar-refractivity contribution in [3.63, 3.8) is 0 Å².